The van der Waals surface area contributed by atoms with Crippen molar-refractivity contribution >= 4 is 0 Å². The SMILES string of the molecule is C=C(C)/C=C\C(C)=C/F.[OH]. The first kappa shape index (κ1) is 11.9. The Labute approximate surface area is 60.9 Å². The van der Waals surface area contributed by atoms with Gasteiger partial charge in [-0.2, -0.15) is 0 Å². The molecule has 0 heterocycles. The van der Waals surface area contributed by atoms with Crippen molar-refractivity contribution in [3.05, 3.63) is 36.2 Å². The number of halogens is 1. The van der Waals surface area contributed by atoms with Gasteiger partial charge in [0.05, 0.1) is 6.33 Å². The Hall–Kier alpha value is -0.890. The van der Waals surface area contributed by atoms with Crippen LogP contribution in [0.4, 0.5) is 4.39 Å². The Morgan fingerprint density at radius 2 is 1.80 bits per heavy atom. The molecule has 0 bridgehead atoms. The fraction of sp³-hybridized carbons (Fsp3) is 0.250. The van der Waals surface area contributed by atoms with Crippen LogP contribution in [-0.2, 0) is 0 Å². The van der Waals surface area contributed by atoms with Crippen LogP contribution >= 0.6 is 0 Å². The third kappa shape index (κ3) is 7.11. The van der Waals surface area contributed by atoms with Gasteiger partial charge in [0.15, 0.2) is 0 Å². The first-order valence-corrected chi connectivity index (χ1v) is 2.77. The van der Waals surface area contributed by atoms with Crippen molar-refractivity contribution in [3.63, 3.8) is 0 Å². The van der Waals surface area contributed by atoms with Crippen LogP contribution in [0.25, 0.3) is 0 Å². The van der Waals surface area contributed by atoms with Crippen molar-refractivity contribution in [2.75, 3.05) is 0 Å². The monoisotopic (exact) mass is 143 g/mol. The zero-order valence-corrected chi connectivity index (χ0v) is 6.26. The van der Waals surface area contributed by atoms with Gasteiger partial charge in [-0.15, -0.1) is 0 Å². The van der Waals surface area contributed by atoms with Gasteiger partial charge in [-0.3, -0.25) is 5.48 Å². The van der Waals surface area contributed by atoms with E-state index in [-0.39, 0.29) is 5.48 Å². The summed E-state index contributed by atoms with van der Waals surface area (Å²) in [6, 6.07) is 0. The van der Waals surface area contributed by atoms with Crippen molar-refractivity contribution < 1.29 is 9.87 Å². The average Bonchev–Trinajstić information content (AvgIpc) is 1.83. The van der Waals surface area contributed by atoms with Crippen LogP contribution in [0.1, 0.15) is 13.8 Å². The van der Waals surface area contributed by atoms with Crippen LogP contribution in [0, 0.1) is 0 Å². The summed E-state index contributed by atoms with van der Waals surface area (Å²) in [7, 11) is 0. The molecule has 0 saturated carbocycles. The van der Waals surface area contributed by atoms with Crippen LogP contribution in [0.5, 0.6) is 0 Å². The zero-order chi connectivity index (χ0) is 7.28. The molecule has 1 N–H and O–H groups in total. The van der Waals surface area contributed by atoms with Crippen LogP contribution in [0.2, 0.25) is 0 Å². The summed E-state index contributed by atoms with van der Waals surface area (Å²) >= 11 is 0. The predicted octanol–water partition coefficient (Wildman–Crippen LogP) is 2.82. The van der Waals surface area contributed by atoms with E-state index in [2.05, 4.69) is 6.58 Å². The van der Waals surface area contributed by atoms with E-state index in [4.69, 9.17) is 0 Å². The maximum atomic E-state index is 11.6. The standard InChI is InChI=1S/C8H11F.HO/c1-7(2)4-5-8(3)6-9;/h4-6H,1H2,2-3H3;1H/b5-4-,8-6-;. The molecular formula is C8H12FO. The summed E-state index contributed by atoms with van der Waals surface area (Å²) in [5, 5.41) is 0. The highest BCUT2D eigenvalue weighted by Crippen LogP contribution is 1.97. The molecule has 0 saturated heterocycles. The minimum Gasteiger partial charge on any atom is -0.255 e. The van der Waals surface area contributed by atoms with Gasteiger partial charge in [-0.1, -0.05) is 24.3 Å². The van der Waals surface area contributed by atoms with Crippen LogP contribution in [0.3, 0.4) is 0 Å². The smallest absolute Gasteiger partial charge is 0.0896 e. The van der Waals surface area contributed by atoms with E-state index in [9.17, 15) is 4.39 Å². The molecule has 0 aromatic rings. The molecule has 0 aliphatic carbocycles. The summed E-state index contributed by atoms with van der Waals surface area (Å²) in [6.45, 7) is 7.18. The van der Waals surface area contributed by atoms with Crippen LogP contribution < -0.4 is 0 Å². The highest BCUT2D eigenvalue weighted by Gasteiger charge is 1.77. The third-order valence-corrected chi connectivity index (χ3v) is 0.803. The number of hydrogen-bond acceptors (Lipinski definition) is 0. The van der Waals surface area contributed by atoms with Gasteiger partial charge >= 0.3 is 0 Å². The fourth-order valence-corrected chi connectivity index (χ4v) is 0.310. The molecule has 1 radical (unpaired) electrons. The van der Waals surface area contributed by atoms with Gasteiger partial charge < -0.3 is 0 Å². The maximum Gasteiger partial charge on any atom is 0.0896 e. The van der Waals surface area contributed by atoms with Crippen molar-refractivity contribution in [1.29, 1.82) is 0 Å². The van der Waals surface area contributed by atoms with E-state index in [0.29, 0.717) is 11.9 Å². The van der Waals surface area contributed by atoms with Crippen molar-refractivity contribution in [3.8, 4) is 0 Å². The summed E-state index contributed by atoms with van der Waals surface area (Å²) in [5.41, 5.74) is 1.54. The van der Waals surface area contributed by atoms with Crippen molar-refractivity contribution in [1.82, 2.24) is 0 Å². The number of allylic oxidation sites excluding steroid dienone is 4. The van der Waals surface area contributed by atoms with E-state index in [0.717, 1.165) is 5.57 Å². The fourth-order valence-electron chi connectivity index (χ4n) is 0.310. The van der Waals surface area contributed by atoms with E-state index in [1.54, 1.807) is 19.1 Å². The Bertz CT molecular complexity index is 157. The molecule has 0 aromatic heterocycles. The Kier molecular flexibility index (Phi) is 7.39. The molecule has 57 valence electrons. The van der Waals surface area contributed by atoms with Crippen LogP contribution in [0.15, 0.2) is 36.2 Å². The van der Waals surface area contributed by atoms with Gasteiger partial charge in [-0.25, -0.2) is 4.39 Å². The molecule has 0 aliphatic rings. The van der Waals surface area contributed by atoms with Gasteiger partial charge in [0, 0.05) is 0 Å². The zero-order valence-electron chi connectivity index (χ0n) is 6.26. The van der Waals surface area contributed by atoms with Crippen molar-refractivity contribution in [2.24, 2.45) is 0 Å². The molecule has 1 nitrogen and oxygen atoms in total. The Morgan fingerprint density at radius 1 is 1.30 bits per heavy atom. The molecule has 0 atom stereocenters. The van der Waals surface area contributed by atoms with Crippen molar-refractivity contribution in [2.45, 2.75) is 13.8 Å². The minimum atomic E-state index is 0. The van der Waals surface area contributed by atoms with E-state index < -0.39 is 0 Å². The summed E-state index contributed by atoms with van der Waals surface area (Å²) in [6.07, 6.45) is 4.02. The first-order chi connectivity index (χ1) is 4.16. The quantitative estimate of drug-likeness (QED) is 0.576. The topological polar surface area (TPSA) is 30.0 Å². The first-order valence-electron chi connectivity index (χ1n) is 2.77. The van der Waals surface area contributed by atoms with Gasteiger partial charge in [0.2, 0.25) is 0 Å². The second-order valence-corrected chi connectivity index (χ2v) is 2.03. The largest absolute Gasteiger partial charge is 0.255 e. The molecule has 0 fully saturated rings. The Morgan fingerprint density at radius 3 is 2.10 bits per heavy atom. The molecule has 10 heavy (non-hydrogen) atoms. The Balaban J connectivity index is 0. The predicted molar refractivity (Wildman–Crippen MR) is 40.8 cm³/mol. The highest BCUT2D eigenvalue weighted by atomic mass is 19.1. The molecule has 0 unspecified atom stereocenters. The lowest BCUT2D eigenvalue weighted by molar-refractivity contribution is 0.713. The third-order valence-electron chi connectivity index (χ3n) is 0.803. The van der Waals surface area contributed by atoms with Crippen LogP contribution in [-0.4, -0.2) is 5.48 Å². The molecule has 2 heteroatoms. The summed E-state index contributed by atoms with van der Waals surface area (Å²) in [5.74, 6) is 0. The highest BCUT2D eigenvalue weighted by molar-refractivity contribution is 5.22. The average molecular weight is 143 g/mol. The van der Waals surface area contributed by atoms with E-state index in [1.807, 2.05) is 6.92 Å². The molecule has 0 rings (SSSR count). The molecule has 0 amide bonds. The van der Waals surface area contributed by atoms with E-state index in [1.165, 1.54) is 0 Å². The minimum absolute atomic E-state index is 0. The van der Waals surface area contributed by atoms with E-state index >= 15 is 0 Å². The van der Waals surface area contributed by atoms with Gasteiger partial charge in [0.25, 0.3) is 0 Å². The number of hydrogen-bond donors (Lipinski definition) is 1. The summed E-state index contributed by atoms with van der Waals surface area (Å²) < 4.78 is 11.6. The second-order valence-electron chi connectivity index (χ2n) is 2.03. The lowest BCUT2D eigenvalue weighted by Gasteiger charge is -1.85. The molecular weight excluding hydrogens is 131 g/mol. The molecule has 0 aromatic carbocycles. The number of rotatable bonds is 2. The summed E-state index contributed by atoms with van der Waals surface area (Å²) in [4.78, 5) is 0. The second kappa shape index (κ2) is 6.23. The van der Waals surface area contributed by atoms with Gasteiger partial charge in [0.1, 0.15) is 0 Å². The molecule has 0 spiro atoms. The lowest BCUT2D eigenvalue weighted by atomic mass is 10.2. The van der Waals surface area contributed by atoms with Gasteiger partial charge in [-0.05, 0) is 19.4 Å². The maximum absolute atomic E-state index is 11.6. The normalized spacial score (nSPS) is 11.3. The molecule has 0 aliphatic heterocycles. The lowest BCUT2D eigenvalue weighted by Crippen LogP contribution is -1.65.